The predicted molar refractivity (Wildman–Crippen MR) is 78.4 cm³/mol. The Hall–Kier alpha value is -1.13. The number of hydrogen-bond acceptors (Lipinski definition) is 4. The van der Waals surface area contributed by atoms with Crippen molar-refractivity contribution in [2.24, 2.45) is 0 Å². The molecule has 1 aliphatic heterocycles. The van der Waals surface area contributed by atoms with Crippen LogP contribution in [0.3, 0.4) is 0 Å². The summed E-state index contributed by atoms with van der Waals surface area (Å²) in [7, 11) is 0. The first kappa shape index (κ1) is 14.3. The Morgan fingerprint density at radius 1 is 1.53 bits per heavy atom. The van der Waals surface area contributed by atoms with Gasteiger partial charge in [0.25, 0.3) is 0 Å². The first-order valence-corrected chi connectivity index (χ1v) is 7.15. The van der Waals surface area contributed by atoms with Crippen molar-refractivity contribution in [3.8, 4) is 0 Å². The number of aryl methyl sites for hydroxylation is 1. The molecule has 0 aliphatic carbocycles. The smallest absolute Gasteiger partial charge is 0.131 e. The molecule has 1 aromatic rings. The Balaban J connectivity index is 2.12. The highest BCUT2D eigenvalue weighted by Crippen LogP contribution is 2.26. The molecule has 0 radical (unpaired) electrons. The second-order valence-corrected chi connectivity index (χ2v) is 5.79. The van der Waals surface area contributed by atoms with Crippen LogP contribution in [0.5, 0.6) is 0 Å². The minimum atomic E-state index is -0.588. The Bertz CT molecular complexity index is 431. The van der Waals surface area contributed by atoms with Gasteiger partial charge in [0.15, 0.2) is 0 Å². The number of nitrogens with one attached hydrogen (secondary N) is 1. The normalized spacial score (nSPS) is 23.7. The van der Waals surface area contributed by atoms with Gasteiger partial charge in [-0.3, -0.25) is 0 Å². The fraction of sp³-hybridized carbons (Fsp3) is 0.667. The second kappa shape index (κ2) is 5.88. The van der Waals surface area contributed by atoms with Gasteiger partial charge in [-0.15, -0.1) is 0 Å². The van der Waals surface area contributed by atoms with E-state index in [2.05, 4.69) is 35.1 Å². The van der Waals surface area contributed by atoms with Crippen LogP contribution in [0.25, 0.3) is 0 Å². The van der Waals surface area contributed by atoms with Gasteiger partial charge in [0, 0.05) is 25.8 Å². The first-order valence-electron chi connectivity index (χ1n) is 7.15. The summed E-state index contributed by atoms with van der Waals surface area (Å²) in [4.78, 5) is 6.80. The summed E-state index contributed by atoms with van der Waals surface area (Å²) in [5.41, 5.74) is 1.81. The Labute approximate surface area is 115 Å². The molecule has 0 aromatic carbocycles. The summed E-state index contributed by atoms with van der Waals surface area (Å²) in [6.07, 6.45) is 3.84. The molecule has 1 aromatic heterocycles. The molecule has 2 rings (SSSR count). The fourth-order valence-electron chi connectivity index (χ4n) is 2.72. The zero-order valence-corrected chi connectivity index (χ0v) is 12.2. The Kier molecular flexibility index (Phi) is 4.42. The van der Waals surface area contributed by atoms with Crippen molar-refractivity contribution in [3.05, 3.63) is 23.4 Å². The Morgan fingerprint density at radius 3 is 2.95 bits per heavy atom. The lowest BCUT2D eigenvalue weighted by Gasteiger charge is -2.38. The third-order valence-electron chi connectivity index (χ3n) is 3.66. The van der Waals surface area contributed by atoms with Crippen molar-refractivity contribution in [2.75, 3.05) is 24.5 Å². The molecule has 0 saturated carbocycles. The molecular weight excluding hydrogens is 238 g/mol. The molecule has 1 atom stereocenters. The maximum atomic E-state index is 10.2. The van der Waals surface area contributed by atoms with Gasteiger partial charge in [0.05, 0.1) is 5.60 Å². The van der Waals surface area contributed by atoms with Crippen molar-refractivity contribution < 1.29 is 5.11 Å². The third kappa shape index (κ3) is 3.67. The van der Waals surface area contributed by atoms with Gasteiger partial charge >= 0.3 is 0 Å². The second-order valence-electron chi connectivity index (χ2n) is 5.79. The summed E-state index contributed by atoms with van der Waals surface area (Å²) in [6.45, 7) is 9.60. The zero-order valence-electron chi connectivity index (χ0n) is 12.2. The van der Waals surface area contributed by atoms with E-state index in [-0.39, 0.29) is 0 Å². The lowest BCUT2D eigenvalue weighted by molar-refractivity contribution is 0.0447. The van der Waals surface area contributed by atoms with Crippen LogP contribution in [-0.2, 0) is 6.54 Å². The summed E-state index contributed by atoms with van der Waals surface area (Å²) in [5.74, 6) is 1.01. The minimum Gasteiger partial charge on any atom is -0.388 e. The number of aliphatic hydroxyl groups is 1. The molecule has 1 aliphatic rings. The molecule has 2 heterocycles. The molecule has 19 heavy (non-hydrogen) atoms. The van der Waals surface area contributed by atoms with E-state index in [1.807, 2.05) is 13.1 Å². The topological polar surface area (TPSA) is 48.4 Å². The number of nitrogens with zero attached hydrogens (tertiary/aromatic N) is 2. The number of piperidine rings is 1. The van der Waals surface area contributed by atoms with Crippen molar-refractivity contribution >= 4 is 5.82 Å². The third-order valence-corrected chi connectivity index (χ3v) is 3.66. The number of β-amino-alcohol motifs (C(OH)–C–C–N with tert-alkyl or cyclic N) is 1. The molecule has 4 heteroatoms. The van der Waals surface area contributed by atoms with Crippen LogP contribution in [0, 0.1) is 6.92 Å². The molecule has 0 spiro atoms. The predicted octanol–water partition coefficient (Wildman–Crippen LogP) is 1.85. The van der Waals surface area contributed by atoms with Crippen molar-refractivity contribution in [1.82, 2.24) is 10.3 Å². The van der Waals surface area contributed by atoms with Gasteiger partial charge in [0.1, 0.15) is 5.82 Å². The van der Waals surface area contributed by atoms with Crippen molar-refractivity contribution in [2.45, 2.75) is 45.8 Å². The molecule has 4 nitrogen and oxygen atoms in total. The minimum absolute atomic E-state index is 0.588. The highest BCUT2D eigenvalue weighted by molar-refractivity contribution is 5.48. The summed E-state index contributed by atoms with van der Waals surface area (Å²) in [6, 6.07) is 2.19. The van der Waals surface area contributed by atoms with E-state index in [0.717, 1.165) is 38.3 Å². The maximum Gasteiger partial charge on any atom is 0.131 e. The number of anilines is 1. The Morgan fingerprint density at radius 2 is 2.32 bits per heavy atom. The monoisotopic (exact) mass is 263 g/mol. The van der Waals surface area contributed by atoms with E-state index < -0.39 is 5.60 Å². The highest BCUT2D eigenvalue weighted by atomic mass is 16.3. The average Bonchev–Trinajstić information content (AvgIpc) is 2.35. The van der Waals surface area contributed by atoms with Crippen LogP contribution in [0.1, 0.15) is 37.8 Å². The molecule has 106 valence electrons. The maximum absolute atomic E-state index is 10.2. The quantitative estimate of drug-likeness (QED) is 0.870. The number of aromatic nitrogens is 1. The molecule has 1 unspecified atom stereocenters. The molecule has 2 N–H and O–H groups in total. The number of hydrogen-bond donors (Lipinski definition) is 2. The van der Waals surface area contributed by atoms with Gasteiger partial charge in [0.2, 0.25) is 0 Å². The first-order chi connectivity index (χ1) is 9.02. The van der Waals surface area contributed by atoms with Crippen LogP contribution < -0.4 is 10.2 Å². The van der Waals surface area contributed by atoms with E-state index in [9.17, 15) is 5.11 Å². The molecule has 1 saturated heterocycles. The summed E-state index contributed by atoms with van der Waals surface area (Å²) >= 11 is 0. The van der Waals surface area contributed by atoms with Gasteiger partial charge in [-0.25, -0.2) is 4.98 Å². The van der Waals surface area contributed by atoms with Gasteiger partial charge in [-0.1, -0.05) is 6.92 Å². The average molecular weight is 263 g/mol. The standard InChI is InChI=1S/C15H25N3O/c1-4-16-9-13-8-12(2)14(17-10-13)18-7-5-6-15(3,19)11-18/h8,10,16,19H,4-7,9,11H2,1-3H3. The van der Waals surface area contributed by atoms with Gasteiger partial charge in [-0.05, 0) is 50.4 Å². The van der Waals surface area contributed by atoms with E-state index >= 15 is 0 Å². The van der Waals surface area contributed by atoms with E-state index in [1.54, 1.807) is 0 Å². The molecule has 1 fully saturated rings. The summed E-state index contributed by atoms with van der Waals surface area (Å²) < 4.78 is 0. The van der Waals surface area contributed by atoms with Crippen LogP contribution in [0.15, 0.2) is 12.3 Å². The lowest BCUT2D eigenvalue weighted by atomic mass is 9.95. The van der Waals surface area contributed by atoms with Crippen LogP contribution in [0.2, 0.25) is 0 Å². The largest absolute Gasteiger partial charge is 0.388 e. The summed E-state index contributed by atoms with van der Waals surface area (Å²) in [5, 5.41) is 13.5. The van der Waals surface area contributed by atoms with Crippen LogP contribution in [-0.4, -0.2) is 35.3 Å². The van der Waals surface area contributed by atoms with E-state index in [1.165, 1.54) is 11.1 Å². The van der Waals surface area contributed by atoms with Crippen LogP contribution >= 0.6 is 0 Å². The number of pyridine rings is 1. The van der Waals surface area contributed by atoms with Crippen molar-refractivity contribution in [3.63, 3.8) is 0 Å². The zero-order chi connectivity index (χ0) is 13.9. The van der Waals surface area contributed by atoms with E-state index in [0.29, 0.717) is 6.54 Å². The lowest BCUT2D eigenvalue weighted by Crippen LogP contribution is -2.46. The molecule has 0 bridgehead atoms. The van der Waals surface area contributed by atoms with Crippen molar-refractivity contribution in [1.29, 1.82) is 0 Å². The molecular formula is C15H25N3O. The molecule has 0 amide bonds. The number of rotatable bonds is 4. The highest BCUT2D eigenvalue weighted by Gasteiger charge is 2.29. The van der Waals surface area contributed by atoms with Gasteiger partial charge in [-0.2, -0.15) is 0 Å². The van der Waals surface area contributed by atoms with Crippen LogP contribution in [0.4, 0.5) is 5.82 Å². The van der Waals surface area contributed by atoms with E-state index in [4.69, 9.17) is 0 Å². The van der Waals surface area contributed by atoms with Gasteiger partial charge < -0.3 is 15.3 Å². The fourth-order valence-corrected chi connectivity index (χ4v) is 2.72. The SMILES string of the molecule is CCNCc1cnc(N2CCCC(C)(O)C2)c(C)c1.